The van der Waals surface area contributed by atoms with Gasteiger partial charge in [0.2, 0.25) is 0 Å². The molecule has 0 atom stereocenters. The molecule has 0 bridgehead atoms. The lowest BCUT2D eigenvalue weighted by molar-refractivity contribution is -0.140. The Morgan fingerprint density at radius 2 is 1.95 bits per heavy atom. The van der Waals surface area contributed by atoms with E-state index in [2.05, 4.69) is 10.3 Å². The Hall–Kier alpha value is -1.89. The first kappa shape index (κ1) is 15.5. The van der Waals surface area contributed by atoms with Crippen molar-refractivity contribution >= 4 is 16.6 Å². The summed E-state index contributed by atoms with van der Waals surface area (Å²) in [7, 11) is 0. The molecule has 3 nitrogen and oxygen atoms in total. The van der Waals surface area contributed by atoms with Crippen LogP contribution in [0.3, 0.4) is 0 Å². The Morgan fingerprint density at radius 1 is 1.19 bits per heavy atom. The highest BCUT2D eigenvalue weighted by molar-refractivity contribution is 5.91. The molecule has 114 valence electrons. The highest BCUT2D eigenvalue weighted by atomic mass is 19.4. The number of nitrogens with one attached hydrogen (secondary N) is 1. The maximum Gasteiger partial charge on any atom is 0.433 e. The summed E-state index contributed by atoms with van der Waals surface area (Å²) in [5.41, 5.74) is -1.26. The number of hydrogen-bond acceptors (Lipinski definition) is 3. The number of hydrogen-bond donors (Lipinski definition) is 2. The van der Waals surface area contributed by atoms with E-state index in [1.807, 2.05) is 0 Å². The van der Waals surface area contributed by atoms with Crippen LogP contribution in [0.1, 0.15) is 18.5 Å². The number of aromatic nitrogens is 1. The summed E-state index contributed by atoms with van der Waals surface area (Å²) < 4.78 is 52.2. The lowest BCUT2D eigenvalue weighted by atomic mass is 10.1. The van der Waals surface area contributed by atoms with Crippen LogP contribution in [0, 0.1) is 5.82 Å². The van der Waals surface area contributed by atoms with Crippen LogP contribution in [-0.4, -0.2) is 23.2 Å². The SMILES string of the molecule is OCCCCNc1cc(C(F)(F)F)nc2c(F)cccc12. The number of halogens is 4. The average molecular weight is 302 g/mol. The van der Waals surface area contributed by atoms with Gasteiger partial charge in [-0.25, -0.2) is 9.37 Å². The van der Waals surface area contributed by atoms with Gasteiger partial charge in [-0.15, -0.1) is 0 Å². The third kappa shape index (κ3) is 3.60. The predicted molar refractivity (Wildman–Crippen MR) is 71.5 cm³/mol. The van der Waals surface area contributed by atoms with Crippen LogP contribution < -0.4 is 5.32 Å². The molecule has 0 unspecified atom stereocenters. The third-order valence-corrected chi connectivity index (χ3v) is 2.98. The van der Waals surface area contributed by atoms with Crippen molar-refractivity contribution in [1.29, 1.82) is 0 Å². The Bertz CT molecular complexity index is 628. The second-order valence-corrected chi connectivity index (χ2v) is 4.55. The fraction of sp³-hybridized carbons (Fsp3) is 0.357. The largest absolute Gasteiger partial charge is 0.433 e. The predicted octanol–water partition coefficient (Wildman–Crippen LogP) is 3.58. The number of aliphatic hydroxyl groups is 1. The molecule has 0 radical (unpaired) electrons. The number of aliphatic hydroxyl groups excluding tert-OH is 1. The lowest BCUT2D eigenvalue weighted by Gasteiger charge is -2.13. The molecule has 0 saturated heterocycles. The number of pyridine rings is 1. The van der Waals surface area contributed by atoms with Crippen LogP contribution in [0.5, 0.6) is 0 Å². The second kappa shape index (κ2) is 6.26. The average Bonchev–Trinajstić information content (AvgIpc) is 2.43. The van der Waals surface area contributed by atoms with Gasteiger partial charge in [-0.3, -0.25) is 0 Å². The van der Waals surface area contributed by atoms with Gasteiger partial charge >= 0.3 is 6.18 Å². The smallest absolute Gasteiger partial charge is 0.396 e. The first-order valence-electron chi connectivity index (χ1n) is 6.44. The molecule has 0 spiro atoms. The van der Waals surface area contributed by atoms with Crippen LogP contribution in [0.2, 0.25) is 0 Å². The van der Waals surface area contributed by atoms with Crippen LogP contribution >= 0.6 is 0 Å². The van der Waals surface area contributed by atoms with E-state index in [1.54, 1.807) is 0 Å². The van der Waals surface area contributed by atoms with Gasteiger partial charge in [-0.1, -0.05) is 12.1 Å². The van der Waals surface area contributed by atoms with E-state index in [0.717, 1.165) is 12.1 Å². The Labute approximate surface area is 118 Å². The zero-order valence-corrected chi connectivity index (χ0v) is 11.0. The number of nitrogens with zero attached hydrogens (tertiary/aromatic N) is 1. The molecule has 0 aliphatic carbocycles. The molecule has 1 heterocycles. The molecule has 0 aliphatic heterocycles. The molecule has 0 fully saturated rings. The van der Waals surface area contributed by atoms with Crippen molar-refractivity contribution < 1.29 is 22.7 Å². The monoisotopic (exact) mass is 302 g/mol. The molecule has 1 aromatic heterocycles. The summed E-state index contributed by atoms with van der Waals surface area (Å²) in [6.07, 6.45) is -3.51. The molecule has 7 heteroatoms. The number of alkyl halides is 3. The summed E-state index contributed by atoms with van der Waals surface area (Å²) in [5, 5.41) is 11.8. The molecule has 2 N–H and O–H groups in total. The number of rotatable bonds is 5. The molecular weight excluding hydrogens is 288 g/mol. The first-order valence-corrected chi connectivity index (χ1v) is 6.44. The summed E-state index contributed by atoms with van der Waals surface area (Å²) in [4.78, 5) is 3.37. The van der Waals surface area contributed by atoms with Crippen LogP contribution in [0.15, 0.2) is 24.3 Å². The van der Waals surface area contributed by atoms with Gasteiger partial charge in [0.25, 0.3) is 0 Å². The quantitative estimate of drug-likeness (QED) is 0.655. The Balaban J connectivity index is 2.43. The molecule has 0 aliphatic rings. The lowest BCUT2D eigenvalue weighted by Crippen LogP contribution is -2.11. The molecule has 2 aromatic rings. The van der Waals surface area contributed by atoms with Crippen molar-refractivity contribution in [3.05, 3.63) is 35.8 Å². The fourth-order valence-corrected chi connectivity index (χ4v) is 1.96. The van der Waals surface area contributed by atoms with Crippen molar-refractivity contribution in [2.75, 3.05) is 18.5 Å². The maximum atomic E-state index is 13.7. The van der Waals surface area contributed by atoms with Crippen molar-refractivity contribution in [3.63, 3.8) is 0 Å². The van der Waals surface area contributed by atoms with Gasteiger partial charge in [-0.2, -0.15) is 13.2 Å². The van der Waals surface area contributed by atoms with E-state index in [4.69, 9.17) is 5.11 Å². The second-order valence-electron chi connectivity index (χ2n) is 4.55. The van der Waals surface area contributed by atoms with Crippen molar-refractivity contribution in [3.8, 4) is 0 Å². The van der Waals surface area contributed by atoms with Gasteiger partial charge < -0.3 is 10.4 Å². The number of fused-ring (bicyclic) bond motifs is 1. The Kier molecular flexibility index (Phi) is 4.62. The standard InChI is InChI=1S/C14H14F4N2O/c15-10-5-3-4-9-11(19-6-1-2-7-21)8-12(14(16,17)18)20-13(9)10/h3-5,8,21H,1-2,6-7H2,(H,19,20). The van der Waals surface area contributed by atoms with E-state index in [9.17, 15) is 17.6 Å². The van der Waals surface area contributed by atoms with Crippen LogP contribution in [-0.2, 0) is 6.18 Å². The Morgan fingerprint density at radius 3 is 2.62 bits per heavy atom. The highest BCUT2D eigenvalue weighted by Gasteiger charge is 2.33. The topological polar surface area (TPSA) is 45.1 Å². The third-order valence-electron chi connectivity index (χ3n) is 2.98. The molecule has 1 aromatic carbocycles. The van der Waals surface area contributed by atoms with Crippen molar-refractivity contribution in [2.45, 2.75) is 19.0 Å². The van der Waals surface area contributed by atoms with Gasteiger partial charge in [0.05, 0.1) is 0 Å². The van der Waals surface area contributed by atoms with Crippen molar-refractivity contribution in [2.24, 2.45) is 0 Å². The fourth-order valence-electron chi connectivity index (χ4n) is 1.96. The van der Waals surface area contributed by atoms with E-state index in [-0.39, 0.29) is 17.8 Å². The number of benzene rings is 1. The van der Waals surface area contributed by atoms with Crippen LogP contribution in [0.4, 0.5) is 23.2 Å². The zero-order valence-electron chi connectivity index (χ0n) is 11.0. The molecule has 2 rings (SSSR count). The zero-order chi connectivity index (χ0) is 15.5. The molecular formula is C14H14F4N2O. The summed E-state index contributed by atoms with van der Waals surface area (Å²) in [6.45, 7) is 0.398. The van der Waals surface area contributed by atoms with Gasteiger partial charge in [0, 0.05) is 24.2 Å². The summed E-state index contributed by atoms with van der Waals surface area (Å²) in [5.74, 6) is -0.794. The maximum absolute atomic E-state index is 13.7. The minimum absolute atomic E-state index is 0.0151. The van der Waals surface area contributed by atoms with Gasteiger partial charge in [0.1, 0.15) is 17.0 Å². The summed E-state index contributed by atoms with van der Waals surface area (Å²) in [6, 6.07) is 4.89. The minimum atomic E-state index is -4.64. The number of unbranched alkanes of at least 4 members (excludes halogenated alkanes) is 1. The van der Waals surface area contributed by atoms with Gasteiger partial charge in [0.15, 0.2) is 0 Å². The molecule has 0 saturated carbocycles. The number of para-hydroxylation sites is 1. The normalized spacial score (nSPS) is 11.9. The van der Waals surface area contributed by atoms with Crippen LogP contribution in [0.25, 0.3) is 10.9 Å². The van der Waals surface area contributed by atoms with E-state index >= 15 is 0 Å². The van der Waals surface area contributed by atoms with Crippen molar-refractivity contribution in [1.82, 2.24) is 4.98 Å². The van der Waals surface area contributed by atoms with Gasteiger partial charge in [-0.05, 0) is 25.0 Å². The van der Waals surface area contributed by atoms with E-state index in [1.165, 1.54) is 12.1 Å². The molecule has 21 heavy (non-hydrogen) atoms. The highest BCUT2D eigenvalue weighted by Crippen LogP contribution is 2.33. The summed E-state index contributed by atoms with van der Waals surface area (Å²) >= 11 is 0. The molecule has 0 amide bonds. The first-order chi connectivity index (χ1) is 9.93. The van der Waals surface area contributed by atoms with E-state index in [0.29, 0.717) is 24.8 Å². The number of anilines is 1. The van der Waals surface area contributed by atoms with E-state index < -0.39 is 17.7 Å². The minimum Gasteiger partial charge on any atom is -0.396 e.